The van der Waals surface area contributed by atoms with Crippen molar-refractivity contribution in [3.63, 3.8) is 0 Å². The largest absolute Gasteiger partial charge is 0.240 e. The van der Waals surface area contributed by atoms with Crippen molar-refractivity contribution in [1.29, 1.82) is 0 Å². The number of rotatable bonds is 4. The van der Waals surface area contributed by atoms with Gasteiger partial charge in [-0.3, -0.25) is 0 Å². The quantitative estimate of drug-likeness (QED) is 0.373. The van der Waals surface area contributed by atoms with Gasteiger partial charge in [0, 0.05) is 8.95 Å². The minimum atomic E-state index is -1.70. The Morgan fingerprint density at radius 2 is 1.04 bits per heavy atom. The molecule has 4 aromatic rings. The maximum atomic E-state index is 6.66. The van der Waals surface area contributed by atoms with E-state index in [9.17, 15) is 0 Å². The van der Waals surface area contributed by atoms with Crippen molar-refractivity contribution >= 4 is 55.1 Å². The van der Waals surface area contributed by atoms with Crippen LogP contribution in [0.1, 0.15) is 11.6 Å². The SMILES string of the molecule is ClC(Cl)(c1nnnn1-c1ccc(Br)cc1)c1nnnn1-c1ccc(Br)cc1. The van der Waals surface area contributed by atoms with Gasteiger partial charge < -0.3 is 0 Å². The molecule has 12 heteroatoms. The molecule has 2 heterocycles. The summed E-state index contributed by atoms with van der Waals surface area (Å²) in [6.45, 7) is 0. The Bertz CT molecular complexity index is 990. The fourth-order valence-electron chi connectivity index (χ4n) is 2.38. The van der Waals surface area contributed by atoms with Crippen LogP contribution in [0, 0.1) is 0 Å². The average Bonchev–Trinajstić information content (AvgIpc) is 3.33. The Morgan fingerprint density at radius 1 is 0.667 bits per heavy atom. The van der Waals surface area contributed by atoms with Gasteiger partial charge in [-0.15, -0.1) is 10.2 Å². The molecule has 0 fully saturated rings. The molecule has 2 aromatic heterocycles. The lowest BCUT2D eigenvalue weighted by Crippen LogP contribution is -2.24. The van der Waals surface area contributed by atoms with Gasteiger partial charge in [0.15, 0.2) is 0 Å². The maximum Gasteiger partial charge on any atom is 0.240 e. The smallest absolute Gasteiger partial charge is 0.194 e. The van der Waals surface area contributed by atoms with Crippen LogP contribution in [-0.4, -0.2) is 40.4 Å². The summed E-state index contributed by atoms with van der Waals surface area (Å²) in [5.74, 6) is 0.336. The predicted octanol–water partition coefficient (Wildman–Crippen LogP) is 3.84. The zero-order valence-corrected chi connectivity index (χ0v) is 17.9. The van der Waals surface area contributed by atoms with Crippen molar-refractivity contribution in [2.75, 3.05) is 0 Å². The summed E-state index contributed by atoms with van der Waals surface area (Å²) in [6, 6.07) is 14.7. The fourth-order valence-corrected chi connectivity index (χ4v) is 3.38. The van der Waals surface area contributed by atoms with E-state index in [1.807, 2.05) is 48.5 Å². The number of tetrazole rings is 2. The number of halogens is 4. The maximum absolute atomic E-state index is 6.66. The molecule has 0 atom stereocenters. The molecule has 4 rings (SSSR count). The molecule has 2 aromatic carbocycles. The zero-order chi connectivity index (χ0) is 19.0. The normalized spacial score (nSPS) is 11.7. The van der Waals surface area contributed by atoms with Crippen LogP contribution in [-0.2, 0) is 4.33 Å². The highest BCUT2D eigenvalue weighted by Gasteiger charge is 2.41. The highest BCUT2D eigenvalue weighted by Crippen LogP contribution is 2.39. The lowest BCUT2D eigenvalue weighted by atomic mass is 10.3. The lowest BCUT2D eigenvalue weighted by molar-refractivity contribution is 0.704. The summed E-state index contributed by atoms with van der Waals surface area (Å²) in [6.07, 6.45) is 0. The summed E-state index contributed by atoms with van der Waals surface area (Å²) in [5, 5.41) is 23.4. The molecule has 0 bridgehead atoms. The van der Waals surface area contributed by atoms with E-state index in [1.165, 1.54) is 9.36 Å². The van der Waals surface area contributed by atoms with Crippen LogP contribution in [0.4, 0.5) is 0 Å². The summed E-state index contributed by atoms with van der Waals surface area (Å²) < 4.78 is 3.01. The number of alkyl halides is 2. The first-order valence-electron chi connectivity index (χ1n) is 7.44. The molecule has 27 heavy (non-hydrogen) atoms. The molecule has 0 saturated heterocycles. The first-order valence-corrected chi connectivity index (χ1v) is 9.78. The van der Waals surface area contributed by atoms with Gasteiger partial charge in [-0.2, -0.15) is 9.36 Å². The molecule has 0 unspecified atom stereocenters. The Balaban J connectivity index is 1.80. The van der Waals surface area contributed by atoms with Gasteiger partial charge in [0.25, 0.3) is 0 Å². The lowest BCUT2D eigenvalue weighted by Gasteiger charge is -2.18. The van der Waals surface area contributed by atoms with Crippen LogP contribution in [0.2, 0.25) is 0 Å². The van der Waals surface area contributed by atoms with Gasteiger partial charge in [0.05, 0.1) is 11.4 Å². The Kier molecular flexibility index (Phi) is 4.97. The van der Waals surface area contributed by atoms with Crippen LogP contribution in [0.5, 0.6) is 0 Å². The molecule has 8 nitrogen and oxygen atoms in total. The third kappa shape index (κ3) is 3.49. The van der Waals surface area contributed by atoms with Crippen LogP contribution >= 0.6 is 55.1 Å². The zero-order valence-electron chi connectivity index (χ0n) is 13.2. The van der Waals surface area contributed by atoms with Gasteiger partial charge in [-0.25, -0.2) is 0 Å². The number of nitrogens with zero attached hydrogens (tertiary/aromatic N) is 8. The van der Waals surface area contributed by atoms with Crippen LogP contribution in [0.25, 0.3) is 11.4 Å². The third-order valence-electron chi connectivity index (χ3n) is 3.64. The van der Waals surface area contributed by atoms with E-state index < -0.39 is 4.33 Å². The first kappa shape index (κ1) is 18.5. The van der Waals surface area contributed by atoms with Crippen molar-refractivity contribution < 1.29 is 0 Å². The molecule has 0 radical (unpaired) electrons. The van der Waals surface area contributed by atoms with E-state index in [0.717, 1.165) is 8.95 Å². The Labute approximate surface area is 179 Å². The second-order valence-electron chi connectivity index (χ2n) is 5.36. The van der Waals surface area contributed by atoms with Crippen molar-refractivity contribution in [2.24, 2.45) is 0 Å². The van der Waals surface area contributed by atoms with E-state index in [0.29, 0.717) is 11.4 Å². The van der Waals surface area contributed by atoms with Crippen LogP contribution in [0.15, 0.2) is 57.5 Å². The summed E-state index contributed by atoms with van der Waals surface area (Å²) in [5.41, 5.74) is 1.37. The number of hydrogen-bond acceptors (Lipinski definition) is 6. The van der Waals surface area contributed by atoms with E-state index in [1.54, 1.807) is 0 Å². The Hall–Kier alpha value is -1.88. The molecule has 0 spiro atoms. The van der Waals surface area contributed by atoms with Crippen molar-refractivity contribution in [3.8, 4) is 11.4 Å². The second kappa shape index (κ2) is 7.27. The molecule has 0 saturated carbocycles. The Morgan fingerprint density at radius 3 is 1.41 bits per heavy atom. The van der Waals surface area contributed by atoms with E-state index >= 15 is 0 Å². The molecule has 0 aliphatic rings. The van der Waals surface area contributed by atoms with Gasteiger partial charge in [0.2, 0.25) is 16.0 Å². The third-order valence-corrected chi connectivity index (χ3v) is 5.38. The van der Waals surface area contributed by atoms with E-state index in [4.69, 9.17) is 23.2 Å². The van der Waals surface area contributed by atoms with Gasteiger partial charge in [-0.05, 0) is 69.4 Å². The molecule has 136 valence electrons. The number of benzene rings is 2. The molecule has 0 aliphatic carbocycles. The summed E-state index contributed by atoms with van der Waals surface area (Å²) in [4.78, 5) is 0. The molecule has 0 amide bonds. The van der Waals surface area contributed by atoms with Crippen LogP contribution in [0.3, 0.4) is 0 Å². The van der Waals surface area contributed by atoms with Crippen LogP contribution < -0.4 is 0 Å². The monoisotopic (exact) mass is 528 g/mol. The average molecular weight is 531 g/mol. The highest BCUT2D eigenvalue weighted by molar-refractivity contribution is 9.10. The minimum Gasteiger partial charge on any atom is -0.194 e. The molecular formula is C15H8Br2Cl2N8. The second-order valence-corrected chi connectivity index (χ2v) is 8.51. The standard InChI is InChI=1S/C15H8Br2Cl2N8/c16-9-1-5-11(6-2-9)26-13(20-22-24-26)15(18,19)14-21-23-25-27(14)12-7-3-10(17)4-8-12/h1-8H. The van der Waals surface area contributed by atoms with E-state index in [-0.39, 0.29) is 11.6 Å². The van der Waals surface area contributed by atoms with Crippen molar-refractivity contribution in [3.05, 3.63) is 69.1 Å². The number of aromatic nitrogens is 8. The summed E-state index contributed by atoms with van der Waals surface area (Å²) in [7, 11) is 0. The fraction of sp³-hybridized carbons (Fsp3) is 0.0667. The molecule has 0 N–H and O–H groups in total. The first-order chi connectivity index (χ1) is 13.0. The van der Waals surface area contributed by atoms with Gasteiger partial charge >= 0.3 is 0 Å². The van der Waals surface area contributed by atoms with Gasteiger partial charge in [-0.1, -0.05) is 55.1 Å². The molecule has 0 aliphatic heterocycles. The highest BCUT2D eigenvalue weighted by atomic mass is 79.9. The molecular weight excluding hydrogens is 523 g/mol. The van der Waals surface area contributed by atoms with Crippen molar-refractivity contribution in [2.45, 2.75) is 4.33 Å². The minimum absolute atomic E-state index is 0.168. The number of hydrogen-bond donors (Lipinski definition) is 0. The van der Waals surface area contributed by atoms with Crippen molar-refractivity contribution in [1.82, 2.24) is 40.4 Å². The topological polar surface area (TPSA) is 87.2 Å². The predicted molar refractivity (Wildman–Crippen MR) is 106 cm³/mol. The summed E-state index contributed by atoms with van der Waals surface area (Å²) >= 11 is 20.1. The van der Waals surface area contributed by atoms with E-state index in [2.05, 4.69) is 62.9 Å². The van der Waals surface area contributed by atoms with Gasteiger partial charge in [0.1, 0.15) is 0 Å².